The number of rotatable bonds is 8. The SMILES string of the molecule is CC1CCN(C(=O)c2cccc(NCC(=O)Nc3ccc(CCC(=O)N(C)C)cc3)c2)CC1. The van der Waals surface area contributed by atoms with Crippen molar-refractivity contribution in [3.8, 4) is 0 Å². The number of carbonyl (C=O) groups excluding carboxylic acids is 3. The minimum atomic E-state index is -0.174. The van der Waals surface area contributed by atoms with Crippen molar-refractivity contribution in [3.05, 3.63) is 59.7 Å². The van der Waals surface area contributed by atoms with Crippen LogP contribution >= 0.6 is 0 Å². The molecule has 0 radical (unpaired) electrons. The molecule has 2 N–H and O–H groups in total. The predicted molar refractivity (Wildman–Crippen MR) is 131 cm³/mol. The molecule has 1 saturated heterocycles. The van der Waals surface area contributed by atoms with Gasteiger partial charge in [0.2, 0.25) is 11.8 Å². The van der Waals surface area contributed by atoms with E-state index in [1.54, 1.807) is 25.1 Å². The summed E-state index contributed by atoms with van der Waals surface area (Å²) in [5.74, 6) is 0.633. The molecule has 1 aliphatic heterocycles. The number of aryl methyl sites for hydroxylation is 1. The van der Waals surface area contributed by atoms with E-state index in [9.17, 15) is 14.4 Å². The van der Waals surface area contributed by atoms with Crippen LogP contribution in [0, 0.1) is 5.92 Å². The summed E-state index contributed by atoms with van der Waals surface area (Å²) in [7, 11) is 3.50. The quantitative estimate of drug-likeness (QED) is 0.644. The van der Waals surface area contributed by atoms with Crippen LogP contribution in [0.25, 0.3) is 0 Å². The van der Waals surface area contributed by atoms with Crippen molar-refractivity contribution in [2.24, 2.45) is 5.92 Å². The lowest BCUT2D eigenvalue weighted by atomic mass is 9.98. The maximum Gasteiger partial charge on any atom is 0.253 e. The van der Waals surface area contributed by atoms with Crippen LogP contribution in [0.15, 0.2) is 48.5 Å². The van der Waals surface area contributed by atoms with Crippen molar-refractivity contribution in [2.45, 2.75) is 32.6 Å². The van der Waals surface area contributed by atoms with Gasteiger partial charge in [0, 0.05) is 50.5 Å². The molecule has 0 atom stereocenters. The highest BCUT2D eigenvalue weighted by atomic mass is 16.2. The van der Waals surface area contributed by atoms with Gasteiger partial charge in [-0.3, -0.25) is 14.4 Å². The number of carbonyl (C=O) groups is 3. The normalized spacial score (nSPS) is 14.0. The van der Waals surface area contributed by atoms with Crippen LogP contribution in [0.3, 0.4) is 0 Å². The number of hydrogen-bond donors (Lipinski definition) is 2. The van der Waals surface area contributed by atoms with Gasteiger partial charge in [0.05, 0.1) is 6.54 Å². The minimum Gasteiger partial charge on any atom is -0.376 e. The molecule has 1 aliphatic rings. The number of amides is 3. The first-order valence-electron chi connectivity index (χ1n) is 11.5. The molecule has 2 aromatic rings. The summed E-state index contributed by atoms with van der Waals surface area (Å²) in [4.78, 5) is 40.3. The highest BCUT2D eigenvalue weighted by Crippen LogP contribution is 2.20. The molecule has 0 unspecified atom stereocenters. The van der Waals surface area contributed by atoms with Crippen molar-refractivity contribution in [2.75, 3.05) is 44.4 Å². The Bertz CT molecular complexity index is 964. The Morgan fingerprint density at radius 2 is 1.70 bits per heavy atom. The number of anilines is 2. The van der Waals surface area contributed by atoms with E-state index in [0.29, 0.717) is 30.0 Å². The van der Waals surface area contributed by atoms with Crippen molar-refractivity contribution in [3.63, 3.8) is 0 Å². The van der Waals surface area contributed by atoms with E-state index in [0.717, 1.165) is 37.2 Å². The summed E-state index contributed by atoms with van der Waals surface area (Å²) < 4.78 is 0. The van der Waals surface area contributed by atoms with E-state index in [1.165, 1.54) is 0 Å². The third-order valence-electron chi connectivity index (χ3n) is 6.00. The summed E-state index contributed by atoms with van der Waals surface area (Å²) in [6.07, 6.45) is 3.21. The standard InChI is InChI=1S/C26H34N4O3/c1-19-13-15-30(16-14-19)26(33)21-5-4-6-23(17-21)27-18-24(31)28-22-10-7-20(8-11-22)9-12-25(32)29(2)3/h4-8,10-11,17,19,27H,9,12-16,18H2,1-3H3,(H,28,31). The molecule has 1 heterocycles. The number of likely N-dealkylation sites (tertiary alicyclic amines) is 1. The molecule has 0 bridgehead atoms. The molecular weight excluding hydrogens is 416 g/mol. The monoisotopic (exact) mass is 450 g/mol. The van der Waals surface area contributed by atoms with Crippen molar-refractivity contribution >= 4 is 29.1 Å². The van der Waals surface area contributed by atoms with Gasteiger partial charge in [0.1, 0.15) is 0 Å². The highest BCUT2D eigenvalue weighted by molar-refractivity contribution is 5.96. The van der Waals surface area contributed by atoms with E-state index in [2.05, 4.69) is 17.6 Å². The molecular formula is C26H34N4O3. The molecule has 3 rings (SSSR count). The molecule has 33 heavy (non-hydrogen) atoms. The molecule has 3 amide bonds. The third kappa shape index (κ3) is 7.34. The number of nitrogens with zero attached hydrogens (tertiary/aromatic N) is 2. The van der Waals surface area contributed by atoms with Gasteiger partial charge in [-0.1, -0.05) is 25.1 Å². The van der Waals surface area contributed by atoms with Crippen LogP contribution in [0.4, 0.5) is 11.4 Å². The lowest BCUT2D eigenvalue weighted by molar-refractivity contribution is -0.128. The van der Waals surface area contributed by atoms with E-state index in [4.69, 9.17) is 0 Å². The zero-order chi connectivity index (χ0) is 23.8. The average Bonchev–Trinajstić information content (AvgIpc) is 2.82. The molecule has 0 aromatic heterocycles. The minimum absolute atomic E-state index is 0.0439. The first-order chi connectivity index (χ1) is 15.8. The van der Waals surface area contributed by atoms with Gasteiger partial charge in [0.25, 0.3) is 5.91 Å². The number of benzene rings is 2. The molecule has 176 valence electrons. The Balaban J connectivity index is 1.47. The summed E-state index contributed by atoms with van der Waals surface area (Å²) in [6.45, 7) is 3.91. The first kappa shape index (κ1) is 24.3. The maximum absolute atomic E-state index is 12.8. The third-order valence-corrected chi connectivity index (χ3v) is 6.00. The van der Waals surface area contributed by atoms with E-state index in [1.807, 2.05) is 47.4 Å². The van der Waals surface area contributed by atoms with Gasteiger partial charge in [-0.2, -0.15) is 0 Å². The summed E-state index contributed by atoms with van der Waals surface area (Å²) >= 11 is 0. The summed E-state index contributed by atoms with van der Waals surface area (Å²) in [6, 6.07) is 14.8. The van der Waals surface area contributed by atoms with Crippen LogP contribution in [-0.2, 0) is 16.0 Å². The van der Waals surface area contributed by atoms with Crippen LogP contribution < -0.4 is 10.6 Å². The number of piperidine rings is 1. The van der Waals surface area contributed by atoms with Crippen molar-refractivity contribution < 1.29 is 14.4 Å². The molecule has 0 spiro atoms. The van der Waals surface area contributed by atoms with Crippen LogP contribution in [0.5, 0.6) is 0 Å². The lowest BCUT2D eigenvalue weighted by Crippen LogP contribution is -2.37. The zero-order valence-corrected chi connectivity index (χ0v) is 19.8. The second-order valence-electron chi connectivity index (χ2n) is 8.94. The molecule has 2 aromatic carbocycles. The Morgan fingerprint density at radius 1 is 1.00 bits per heavy atom. The van der Waals surface area contributed by atoms with E-state index >= 15 is 0 Å². The second-order valence-corrected chi connectivity index (χ2v) is 8.94. The fraction of sp³-hybridized carbons (Fsp3) is 0.423. The first-order valence-corrected chi connectivity index (χ1v) is 11.5. The maximum atomic E-state index is 12.8. The Morgan fingerprint density at radius 3 is 2.36 bits per heavy atom. The highest BCUT2D eigenvalue weighted by Gasteiger charge is 2.21. The summed E-state index contributed by atoms with van der Waals surface area (Å²) in [5.41, 5.74) is 3.12. The smallest absolute Gasteiger partial charge is 0.253 e. The van der Waals surface area contributed by atoms with Crippen LogP contribution in [-0.4, -0.2) is 61.3 Å². The lowest BCUT2D eigenvalue weighted by Gasteiger charge is -2.30. The summed E-state index contributed by atoms with van der Waals surface area (Å²) in [5, 5.41) is 5.96. The Kier molecular flexibility index (Phi) is 8.46. The molecule has 0 saturated carbocycles. The van der Waals surface area contributed by atoms with Gasteiger partial charge < -0.3 is 20.4 Å². The predicted octanol–water partition coefficient (Wildman–Crippen LogP) is 3.63. The fourth-order valence-corrected chi connectivity index (χ4v) is 3.77. The number of hydrogen-bond acceptors (Lipinski definition) is 4. The average molecular weight is 451 g/mol. The molecule has 1 fully saturated rings. The van der Waals surface area contributed by atoms with E-state index in [-0.39, 0.29) is 24.3 Å². The largest absolute Gasteiger partial charge is 0.376 e. The molecule has 7 heteroatoms. The van der Waals surface area contributed by atoms with E-state index < -0.39 is 0 Å². The van der Waals surface area contributed by atoms with Gasteiger partial charge in [0.15, 0.2) is 0 Å². The second kappa shape index (κ2) is 11.5. The van der Waals surface area contributed by atoms with Gasteiger partial charge >= 0.3 is 0 Å². The van der Waals surface area contributed by atoms with Crippen LogP contribution in [0.2, 0.25) is 0 Å². The fourth-order valence-electron chi connectivity index (χ4n) is 3.77. The number of nitrogens with one attached hydrogen (secondary N) is 2. The molecule has 7 nitrogen and oxygen atoms in total. The van der Waals surface area contributed by atoms with Crippen molar-refractivity contribution in [1.29, 1.82) is 0 Å². The van der Waals surface area contributed by atoms with Gasteiger partial charge in [-0.05, 0) is 61.1 Å². The molecule has 0 aliphatic carbocycles. The Hall–Kier alpha value is -3.35. The van der Waals surface area contributed by atoms with Gasteiger partial charge in [-0.25, -0.2) is 0 Å². The zero-order valence-electron chi connectivity index (χ0n) is 19.8. The Labute approximate surface area is 196 Å². The van der Waals surface area contributed by atoms with Crippen molar-refractivity contribution in [1.82, 2.24) is 9.80 Å². The topological polar surface area (TPSA) is 81.8 Å². The van der Waals surface area contributed by atoms with Gasteiger partial charge in [-0.15, -0.1) is 0 Å². The van der Waals surface area contributed by atoms with Crippen LogP contribution in [0.1, 0.15) is 42.1 Å².